The molecule has 0 spiro atoms. The van der Waals surface area contributed by atoms with Crippen molar-refractivity contribution in [1.82, 2.24) is 40.6 Å². The zero-order valence-electron chi connectivity index (χ0n) is 35.5. The molecule has 0 saturated carbocycles. The number of β-amino-alcohol motifs (C(OH)–C–C–N with tert-alkyl or cyclic N) is 1. The number of nitrogens with zero attached hydrogens (tertiary/aromatic N) is 6. The minimum Gasteiger partial charge on any atom is -0.465 e. The number of hydrogen-bond acceptors (Lipinski definition) is 11. The van der Waals surface area contributed by atoms with E-state index >= 15 is 0 Å². The maximum absolute atomic E-state index is 13.9. The molecule has 4 heterocycles. The molecule has 1 aromatic carbocycles. The van der Waals surface area contributed by atoms with E-state index in [0.717, 1.165) is 60.1 Å². The molecule has 3 atom stereocenters. The highest BCUT2D eigenvalue weighted by Crippen LogP contribution is 2.30. The number of amides is 5. The number of anilines is 1. The summed E-state index contributed by atoms with van der Waals surface area (Å²) >= 11 is 1.60. The Labute approximate surface area is 356 Å². The van der Waals surface area contributed by atoms with Gasteiger partial charge in [0.25, 0.3) is 5.91 Å². The average molecular weight is 848 g/mol. The van der Waals surface area contributed by atoms with Crippen molar-refractivity contribution in [2.24, 2.45) is 5.41 Å². The Morgan fingerprint density at radius 1 is 0.967 bits per heavy atom. The number of aromatic nitrogens is 2. The number of thiazole rings is 1. The lowest BCUT2D eigenvalue weighted by molar-refractivity contribution is -0.147. The van der Waals surface area contributed by atoms with Gasteiger partial charge in [0.1, 0.15) is 11.9 Å². The lowest BCUT2D eigenvalue weighted by Gasteiger charge is -2.36. The van der Waals surface area contributed by atoms with Crippen molar-refractivity contribution in [2.75, 3.05) is 70.9 Å². The number of carbonyl (C=O) groups excluding carboxylic acids is 4. The zero-order valence-corrected chi connectivity index (χ0v) is 36.3. The molecule has 16 nitrogen and oxygen atoms in total. The van der Waals surface area contributed by atoms with Crippen LogP contribution in [0.5, 0.6) is 0 Å². The summed E-state index contributed by atoms with van der Waals surface area (Å²) in [7, 11) is 1.57. The SMILES string of the molecule is Cc1ncsc1-c1ccc(CCNC(=O)[C@@H]2C[C@@H](O)CN2C(=O)C(C)(C)[C@H](C)NC(=O)CCCCCNC(=O)c2ccc(N3CCN(CCN(C)C(=O)O)CC3)nc2)cc1. The number of nitrogens with one attached hydrogen (secondary N) is 3. The van der Waals surface area contributed by atoms with E-state index in [1.165, 1.54) is 9.80 Å². The fourth-order valence-electron chi connectivity index (χ4n) is 7.37. The van der Waals surface area contributed by atoms with Crippen LogP contribution in [0.1, 0.15) is 74.5 Å². The summed E-state index contributed by atoms with van der Waals surface area (Å²) < 4.78 is 0. The molecule has 5 N–H and O–H groups in total. The van der Waals surface area contributed by atoms with Gasteiger partial charge in [0, 0.05) is 91.0 Å². The summed E-state index contributed by atoms with van der Waals surface area (Å²) in [6.45, 7) is 12.4. The van der Waals surface area contributed by atoms with Crippen molar-refractivity contribution in [3.63, 3.8) is 0 Å². The van der Waals surface area contributed by atoms with Gasteiger partial charge in [-0.1, -0.05) is 30.7 Å². The van der Waals surface area contributed by atoms with E-state index in [0.29, 0.717) is 51.0 Å². The zero-order chi connectivity index (χ0) is 43.4. The van der Waals surface area contributed by atoms with Gasteiger partial charge in [-0.2, -0.15) is 0 Å². The monoisotopic (exact) mass is 847 g/mol. The van der Waals surface area contributed by atoms with Crippen molar-refractivity contribution in [1.29, 1.82) is 0 Å². The molecular weight excluding hydrogens is 787 g/mol. The van der Waals surface area contributed by atoms with E-state index in [1.807, 2.05) is 30.6 Å². The van der Waals surface area contributed by atoms with Gasteiger partial charge < -0.3 is 40.9 Å². The molecule has 17 heteroatoms. The average Bonchev–Trinajstić information content (AvgIpc) is 3.86. The highest BCUT2D eigenvalue weighted by atomic mass is 32.1. The molecular formula is C43H61N9O7S. The number of aliphatic hydroxyl groups excluding tert-OH is 1. The second-order valence-corrected chi connectivity index (χ2v) is 17.2. The Morgan fingerprint density at radius 2 is 1.70 bits per heavy atom. The summed E-state index contributed by atoms with van der Waals surface area (Å²) in [5.74, 6) is -0.216. The second kappa shape index (κ2) is 21.4. The van der Waals surface area contributed by atoms with Crippen LogP contribution in [0.2, 0.25) is 0 Å². The maximum Gasteiger partial charge on any atom is 0.407 e. The van der Waals surface area contributed by atoms with Gasteiger partial charge >= 0.3 is 6.09 Å². The van der Waals surface area contributed by atoms with E-state index in [1.54, 1.807) is 51.4 Å². The predicted molar refractivity (Wildman–Crippen MR) is 231 cm³/mol. The van der Waals surface area contributed by atoms with E-state index in [2.05, 4.69) is 47.9 Å². The minimum absolute atomic E-state index is 0.0494. The van der Waals surface area contributed by atoms with Gasteiger partial charge in [-0.15, -0.1) is 11.3 Å². The first-order chi connectivity index (χ1) is 28.6. The quantitative estimate of drug-likeness (QED) is 0.111. The van der Waals surface area contributed by atoms with Crippen LogP contribution in [0.25, 0.3) is 10.4 Å². The van der Waals surface area contributed by atoms with Crippen LogP contribution >= 0.6 is 11.3 Å². The molecule has 0 aliphatic carbocycles. The van der Waals surface area contributed by atoms with Crippen LogP contribution in [0.15, 0.2) is 48.1 Å². The van der Waals surface area contributed by atoms with E-state index in [4.69, 9.17) is 5.11 Å². The molecule has 2 aromatic heterocycles. The summed E-state index contributed by atoms with van der Waals surface area (Å²) in [4.78, 5) is 80.9. The van der Waals surface area contributed by atoms with Crippen molar-refractivity contribution < 1.29 is 34.2 Å². The first kappa shape index (κ1) is 45.9. The molecule has 2 aliphatic heterocycles. The predicted octanol–water partition coefficient (Wildman–Crippen LogP) is 3.39. The Balaban J connectivity index is 0.966. The third kappa shape index (κ3) is 12.5. The first-order valence-electron chi connectivity index (χ1n) is 20.8. The number of rotatable bonds is 19. The molecule has 3 aromatic rings. The number of carboxylic acid groups (broad SMARTS) is 1. The number of unbranched alkanes of at least 4 members (excludes halogenated alkanes) is 2. The third-order valence-corrected chi connectivity index (χ3v) is 12.7. The van der Waals surface area contributed by atoms with E-state index in [9.17, 15) is 29.1 Å². The van der Waals surface area contributed by atoms with E-state index in [-0.39, 0.29) is 43.0 Å². The van der Waals surface area contributed by atoms with Crippen LogP contribution < -0.4 is 20.9 Å². The van der Waals surface area contributed by atoms with Crippen molar-refractivity contribution in [2.45, 2.75) is 84.4 Å². The van der Waals surface area contributed by atoms with E-state index < -0.39 is 29.7 Å². The standard InChI is InChI=1S/C43H61N9O7S/c1-29-38(60-28-47-29)32-12-10-31(11-13-32)16-18-45-40(56)35-25-34(53)27-52(35)41(57)43(3,4)30(2)48-37(54)9-7-6-8-17-44-39(55)33-14-15-36(46-26-33)51-23-21-50(22-24-51)20-19-49(5)42(58)59/h10-15,26,28,30,34-35,53H,6-9,16-25,27H2,1-5H3,(H,44,55)(H,45,56)(H,48,54)(H,58,59)/t30-,34+,35-/m0/s1. The first-order valence-corrected chi connectivity index (χ1v) is 21.7. The molecule has 5 rings (SSSR count). The lowest BCUT2D eigenvalue weighted by Crippen LogP contribution is -2.55. The second-order valence-electron chi connectivity index (χ2n) is 16.4. The molecule has 5 amide bonds. The molecule has 0 radical (unpaired) electrons. The molecule has 60 heavy (non-hydrogen) atoms. The summed E-state index contributed by atoms with van der Waals surface area (Å²) in [6, 6.07) is 10.5. The highest BCUT2D eigenvalue weighted by molar-refractivity contribution is 7.13. The maximum atomic E-state index is 13.9. The van der Waals surface area contributed by atoms with Crippen LogP contribution in [0.4, 0.5) is 10.6 Å². The molecule has 2 fully saturated rings. The van der Waals surface area contributed by atoms with Crippen LogP contribution in [-0.4, -0.2) is 149 Å². The number of likely N-dealkylation sites (tertiary alicyclic amines) is 1. The Hall–Kier alpha value is -5.13. The van der Waals surface area contributed by atoms with Crippen LogP contribution in [0.3, 0.4) is 0 Å². The van der Waals surface area contributed by atoms with Gasteiger partial charge in [-0.3, -0.25) is 24.1 Å². The minimum atomic E-state index is -1.04. The summed E-state index contributed by atoms with van der Waals surface area (Å²) in [6.07, 6.45) is 2.88. The number of aryl methyl sites for hydroxylation is 1. The number of hydrogen-bond donors (Lipinski definition) is 5. The van der Waals surface area contributed by atoms with Gasteiger partial charge in [-0.05, 0) is 70.2 Å². The number of carbonyl (C=O) groups is 5. The third-order valence-electron chi connectivity index (χ3n) is 11.7. The number of likely N-dealkylation sites (N-methyl/N-ethyl adjacent to an activating group) is 1. The Bertz CT molecular complexity index is 1920. The number of benzene rings is 1. The highest BCUT2D eigenvalue weighted by Gasteiger charge is 2.46. The van der Waals surface area contributed by atoms with Crippen molar-refractivity contribution in [3.8, 4) is 10.4 Å². The number of piperazine rings is 1. The van der Waals surface area contributed by atoms with Gasteiger partial charge in [0.05, 0.1) is 33.2 Å². The van der Waals surface area contributed by atoms with Gasteiger partial charge in [0.15, 0.2) is 0 Å². The van der Waals surface area contributed by atoms with Gasteiger partial charge in [0.2, 0.25) is 17.7 Å². The number of pyridine rings is 1. The fourth-order valence-corrected chi connectivity index (χ4v) is 8.18. The summed E-state index contributed by atoms with van der Waals surface area (Å²) in [5, 5.41) is 28.4. The molecule has 2 saturated heterocycles. The van der Waals surface area contributed by atoms with Gasteiger partial charge in [-0.25, -0.2) is 14.8 Å². The van der Waals surface area contributed by atoms with Crippen LogP contribution in [0, 0.1) is 12.3 Å². The molecule has 0 unspecified atom stereocenters. The lowest BCUT2D eigenvalue weighted by atomic mass is 9.83. The molecule has 2 aliphatic rings. The smallest absolute Gasteiger partial charge is 0.407 e. The van der Waals surface area contributed by atoms with Crippen molar-refractivity contribution in [3.05, 3.63) is 64.9 Å². The normalized spacial score (nSPS) is 17.6. The number of aliphatic hydroxyl groups is 1. The molecule has 0 bridgehead atoms. The summed E-state index contributed by atoms with van der Waals surface area (Å²) in [5.41, 5.74) is 4.43. The van der Waals surface area contributed by atoms with Crippen LogP contribution in [-0.2, 0) is 20.8 Å². The Morgan fingerprint density at radius 3 is 2.35 bits per heavy atom. The largest absolute Gasteiger partial charge is 0.465 e. The Kier molecular flexibility index (Phi) is 16.4. The van der Waals surface area contributed by atoms with Crippen molar-refractivity contribution >= 4 is 46.9 Å². The fraction of sp³-hybridized carbons (Fsp3) is 0.558. The molecule has 326 valence electrons. The topological polar surface area (TPSA) is 201 Å².